The summed E-state index contributed by atoms with van der Waals surface area (Å²) in [4.78, 5) is 6.77. The van der Waals surface area contributed by atoms with Gasteiger partial charge in [-0.05, 0) is 39.4 Å². The number of nitrogens with one attached hydrogen (secondary N) is 1. The zero-order valence-electron chi connectivity index (χ0n) is 12.2. The van der Waals surface area contributed by atoms with E-state index in [2.05, 4.69) is 42.2 Å². The predicted molar refractivity (Wildman–Crippen MR) is 77.5 cm³/mol. The molecule has 1 aliphatic rings. The lowest BCUT2D eigenvalue weighted by Crippen LogP contribution is -2.36. The minimum atomic E-state index is 0.278. The fraction of sp³-hybridized carbons (Fsp3) is 0.667. The maximum Gasteiger partial charge on any atom is 0.218 e. The first kappa shape index (κ1) is 14.3. The van der Waals surface area contributed by atoms with Crippen LogP contribution in [0.4, 0.5) is 0 Å². The Morgan fingerprint density at radius 3 is 2.89 bits per heavy atom. The SMILES string of the molecule is CCNC(C)c1cccnc1OC1CCN(C)CC1. The molecule has 4 nitrogen and oxygen atoms in total. The molecule has 1 aromatic rings. The Bertz CT molecular complexity index is 389. The molecule has 1 unspecified atom stereocenters. The van der Waals surface area contributed by atoms with Crippen molar-refractivity contribution in [3.63, 3.8) is 0 Å². The van der Waals surface area contributed by atoms with Gasteiger partial charge in [0.05, 0.1) is 0 Å². The second-order valence-corrected chi connectivity index (χ2v) is 5.30. The molecule has 1 atom stereocenters. The van der Waals surface area contributed by atoms with Crippen LogP contribution in [0.1, 0.15) is 38.3 Å². The van der Waals surface area contributed by atoms with Crippen LogP contribution in [-0.4, -0.2) is 42.7 Å². The molecule has 19 heavy (non-hydrogen) atoms. The van der Waals surface area contributed by atoms with E-state index in [0.29, 0.717) is 6.10 Å². The molecular formula is C15H25N3O. The summed E-state index contributed by atoms with van der Waals surface area (Å²) in [7, 11) is 2.16. The van der Waals surface area contributed by atoms with Crippen molar-refractivity contribution >= 4 is 0 Å². The maximum atomic E-state index is 6.12. The quantitative estimate of drug-likeness (QED) is 0.884. The van der Waals surface area contributed by atoms with E-state index in [1.165, 1.54) is 0 Å². The summed E-state index contributed by atoms with van der Waals surface area (Å²) in [6, 6.07) is 4.36. The number of pyridine rings is 1. The summed E-state index contributed by atoms with van der Waals surface area (Å²) < 4.78 is 6.12. The van der Waals surface area contributed by atoms with Crippen molar-refractivity contribution in [3.8, 4) is 5.88 Å². The number of nitrogens with zero attached hydrogens (tertiary/aromatic N) is 2. The molecule has 0 saturated carbocycles. The molecule has 0 amide bonds. The predicted octanol–water partition coefficient (Wildman–Crippen LogP) is 2.23. The van der Waals surface area contributed by atoms with Crippen LogP contribution in [0.5, 0.6) is 5.88 Å². The second-order valence-electron chi connectivity index (χ2n) is 5.30. The molecule has 1 fully saturated rings. The topological polar surface area (TPSA) is 37.4 Å². The first-order valence-electron chi connectivity index (χ1n) is 7.24. The third-order valence-electron chi connectivity index (χ3n) is 3.72. The van der Waals surface area contributed by atoms with E-state index in [4.69, 9.17) is 4.74 Å². The number of aromatic nitrogens is 1. The number of likely N-dealkylation sites (tertiary alicyclic amines) is 1. The Labute approximate surface area is 116 Å². The Morgan fingerprint density at radius 2 is 2.21 bits per heavy atom. The van der Waals surface area contributed by atoms with Gasteiger partial charge in [-0.15, -0.1) is 0 Å². The average Bonchev–Trinajstić information content (AvgIpc) is 2.42. The van der Waals surface area contributed by atoms with Crippen molar-refractivity contribution in [1.82, 2.24) is 15.2 Å². The van der Waals surface area contributed by atoms with E-state index in [1.54, 1.807) is 0 Å². The highest BCUT2D eigenvalue weighted by Gasteiger charge is 2.20. The Morgan fingerprint density at radius 1 is 1.47 bits per heavy atom. The van der Waals surface area contributed by atoms with Crippen LogP contribution in [0, 0.1) is 0 Å². The molecule has 1 saturated heterocycles. The van der Waals surface area contributed by atoms with Crippen molar-refractivity contribution in [1.29, 1.82) is 0 Å². The van der Waals surface area contributed by atoms with E-state index in [-0.39, 0.29) is 6.04 Å². The van der Waals surface area contributed by atoms with Crippen LogP contribution in [0.25, 0.3) is 0 Å². The van der Waals surface area contributed by atoms with Gasteiger partial charge in [0.2, 0.25) is 5.88 Å². The zero-order valence-corrected chi connectivity index (χ0v) is 12.2. The molecular weight excluding hydrogens is 238 g/mol. The zero-order chi connectivity index (χ0) is 13.7. The van der Waals surface area contributed by atoms with E-state index in [0.717, 1.165) is 43.9 Å². The monoisotopic (exact) mass is 263 g/mol. The lowest BCUT2D eigenvalue weighted by Gasteiger charge is -2.29. The largest absolute Gasteiger partial charge is 0.474 e. The van der Waals surface area contributed by atoms with Gasteiger partial charge < -0.3 is 15.0 Å². The van der Waals surface area contributed by atoms with Crippen molar-refractivity contribution in [2.45, 2.75) is 38.8 Å². The average molecular weight is 263 g/mol. The molecule has 4 heteroatoms. The molecule has 0 aliphatic carbocycles. The Hall–Kier alpha value is -1.13. The van der Waals surface area contributed by atoms with Crippen LogP contribution in [0.3, 0.4) is 0 Å². The Kier molecular flexibility index (Phi) is 5.16. The smallest absolute Gasteiger partial charge is 0.218 e. The fourth-order valence-corrected chi connectivity index (χ4v) is 2.51. The number of piperidine rings is 1. The van der Waals surface area contributed by atoms with Gasteiger partial charge >= 0.3 is 0 Å². The number of ether oxygens (including phenoxy) is 1. The van der Waals surface area contributed by atoms with Gasteiger partial charge in [0.1, 0.15) is 6.10 Å². The van der Waals surface area contributed by atoms with Crippen molar-refractivity contribution in [3.05, 3.63) is 23.9 Å². The molecule has 0 radical (unpaired) electrons. The van der Waals surface area contributed by atoms with Crippen molar-refractivity contribution in [2.75, 3.05) is 26.7 Å². The third-order valence-corrected chi connectivity index (χ3v) is 3.72. The summed E-state index contributed by atoms with van der Waals surface area (Å²) in [6.07, 6.45) is 4.29. The minimum absolute atomic E-state index is 0.278. The van der Waals surface area contributed by atoms with Crippen LogP contribution in [-0.2, 0) is 0 Å². The van der Waals surface area contributed by atoms with Crippen molar-refractivity contribution in [2.24, 2.45) is 0 Å². The van der Waals surface area contributed by atoms with E-state index >= 15 is 0 Å². The molecule has 0 aromatic carbocycles. The summed E-state index contributed by atoms with van der Waals surface area (Å²) in [5.41, 5.74) is 1.16. The Balaban J connectivity index is 2.03. The van der Waals surface area contributed by atoms with Gasteiger partial charge in [0.25, 0.3) is 0 Å². The number of rotatable bonds is 5. The second kappa shape index (κ2) is 6.87. The summed E-state index contributed by atoms with van der Waals surface area (Å²) in [5.74, 6) is 0.797. The molecule has 0 spiro atoms. The van der Waals surface area contributed by atoms with Crippen LogP contribution in [0.15, 0.2) is 18.3 Å². The van der Waals surface area contributed by atoms with E-state index in [9.17, 15) is 0 Å². The van der Waals surface area contributed by atoms with Gasteiger partial charge in [-0.25, -0.2) is 4.98 Å². The van der Waals surface area contributed by atoms with Crippen molar-refractivity contribution < 1.29 is 4.74 Å². The van der Waals surface area contributed by atoms with Crippen LogP contribution in [0.2, 0.25) is 0 Å². The first-order valence-corrected chi connectivity index (χ1v) is 7.24. The molecule has 1 N–H and O–H groups in total. The molecule has 2 rings (SSSR count). The molecule has 106 valence electrons. The number of hydrogen-bond donors (Lipinski definition) is 1. The maximum absolute atomic E-state index is 6.12. The highest BCUT2D eigenvalue weighted by Crippen LogP contribution is 2.25. The van der Waals surface area contributed by atoms with E-state index in [1.807, 2.05) is 12.3 Å². The van der Waals surface area contributed by atoms with Gasteiger partial charge in [-0.1, -0.05) is 13.0 Å². The first-order chi connectivity index (χ1) is 9.20. The highest BCUT2D eigenvalue weighted by atomic mass is 16.5. The lowest BCUT2D eigenvalue weighted by atomic mass is 10.1. The van der Waals surface area contributed by atoms with Gasteiger partial charge in [-0.2, -0.15) is 0 Å². The molecule has 0 bridgehead atoms. The van der Waals surface area contributed by atoms with Crippen LogP contribution < -0.4 is 10.1 Å². The summed E-state index contributed by atoms with van der Waals surface area (Å²) in [5, 5.41) is 3.42. The summed E-state index contributed by atoms with van der Waals surface area (Å²) >= 11 is 0. The van der Waals surface area contributed by atoms with E-state index < -0.39 is 0 Å². The molecule has 1 aliphatic heterocycles. The molecule has 1 aromatic heterocycles. The highest BCUT2D eigenvalue weighted by molar-refractivity contribution is 5.28. The van der Waals surface area contributed by atoms with Gasteiger partial charge in [0.15, 0.2) is 0 Å². The lowest BCUT2D eigenvalue weighted by molar-refractivity contribution is 0.108. The minimum Gasteiger partial charge on any atom is -0.474 e. The number of hydrogen-bond acceptors (Lipinski definition) is 4. The normalized spacial score (nSPS) is 19.3. The summed E-state index contributed by atoms with van der Waals surface area (Å²) in [6.45, 7) is 7.43. The fourth-order valence-electron chi connectivity index (χ4n) is 2.51. The van der Waals surface area contributed by atoms with Gasteiger partial charge in [-0.3, -0.25) is 0 Å². The standard InChI is InChI=1S/C15H25N3O/c1-4-16-12(2)14-6-5-9-17-15(14)19-13-7-10-18(3)11-8-13/h5-6,9,12-13,16H,4,7-8,10-11H2,1-3H3. The van der Waals surface area contributed by atoms with Gasteiger partial charge in [0, 0.05) is 30.9 Å². The third kappa shape index (κ3) is 3.91. The van der Waals surface area contributed by atoms with Crippen LogP contribution >= 0.6 is 0 Å². The molecule has 2 heterocycles.